The third-order valence-corrected chi connectivity index (χ3v) is 2.67. The number of amides is 2. The lowest BCUT2D eigenvalue weighted by Gasteiger charge is -2.14. The Balaban J connectivity index is 3.71. The van der Waals surface area contributed by atoms with Crippen molar-refractivity contribution in [3.05, 3.63) is 0 Å². The fourth-order valence-electron chi connectivity index (χ4n) is 1.63. The first-order chi connectivity index (χ1) is 8.47. The first kappa shape index (κ1) is 16.7. The molecular weight excluding hydrogens is 232 g/mol. The monoisotopic (exact) mass is 258 g/mol. The van der Waals surface area contributed by atoms with Gasteiger partial charge in [-0.3, -0.25) is 0 Å². The zero-order valence-electron chi connectivity index (χ0n) is 11.7. The fraction of sp³-hybridized carbons (Fsp3) is 0.846. The lowest BCUT2D eigenvalue weighted by Crippen LogP contribution is -2.46. The van der Waals surface area contributed by atoms with Crippen LogP contribution in [0.25, 0.3) is 0 Å². The van der Waals surface area contributed by atoms with Crippen molar-refractivity contribution in [1.82, 2.24) is 10.6 Å². The van der Waals surface area contributed by atoms with Crippen molar-refractivity contribution in [3.8, 4) is 0 Å². The molecule has 0 spiro atoms. The Labute approximate surface area is 109 Å². The smallest absolute Gasteiger partial charge is 0.326 e. The lowest BCUT2D eigenvalue weighted by molar-refractivity contribution is -0.139. The van der Waals surface area contributed by atoms with E-state index in [2.05, 4.69) is 24.5 Å². The first-order valence-electron chi connectivity index (χ1n) is 6.74. The van der Waals surface area contributed by atoms with E-state index in [1.54, 1.807) is 0 Å². The van der Waals surface area contributed by atoms with Gasteiger partial charge in [-0.05, 0) is 18.8 Å². The molecule has 1 atom stereocenters. The zero-order chi connectivity index (χ0) is 14.0. The number of urea groups is 1. The van der Waals surface area contributed by atoms with Crippen LogP contribution < -0.4 is 10.6 Å². The highest BCUT2D eigenvalue weighted by molar-refractivity contribution is 5.82. The van der Waals surface area contributed by atoms with E-state index in [0.717, 1.165) is 25.7 Å². The van der Waals surface area contributed by atoms with Gasteiger partial charge in [-0.25, -0.2) is 9.59 Å². The number of carboxylic acid groups (broad SMARTS) is 1. The molecule has 0 bridgehead atoms. The number of aliphatic carboxylic acids is 1. The molecule has 0 aliphatic carbocycles. The molecule has 0 aliphatic rings. The Morgan fingerprint density at radius 2 is 1.83 bits per heavy atom. The largest absolute Gasteiger partial charge is 0.480 e. The van der Waals surface area contributed by atoms with Gasteiger partial charge in [0, 0.05) is 6.54 Å². The topological polar surface area (TPSA) is 78.4 Å². The number of rotatable bonds is 9. The highest BCUT2D eigenvalue weighted by Crippen LogP contribution is 2.05. The quantitative estimate of drug-likeness (QED) is 0.555. The number of hydrogen-bond acceptors (Lipinski definition) is 2. The summed E-state index contributed by atoms with van der Waals surface area (Å²) in [5, 5.41) is 14.0. The molecule has 0 fully saturated rings. The second-order valence-corrected chi connectivity index (χ2v) is 4.97. The molecule has 0 aromatic carbocycles. The van der Waals surface area contributed by atoms with Crippen molar-refractivity contribution in [2.45, 2.75) is 58.9 Å². The molecule has 0 rings (SSSR count). The number of carbonyl (C=O) groups excluding carboxylic acids is 1. The van der Waals surface area contributed by atoms with Gasteiger partial charge < -0.3 is 15.7 Å². The Morgan fingerprint density at radius 3 is 2.33 bits per heavy atom. The Hall–Kier alpha value is -1.26. The lowest BCUT2D eigenvalue weighted by atomic mass is 10.1. The van der Waals surface area contributed by atoms with E-state index >= 15 is 0 Å². The molecule has 0 radical (unpaired) electrons. The van der Waals surface area contributed by atoms with Gasteiger partial charge in [0.1, 0.15) is 6.04 Å². The number of hydrogen-bond donors (Lipinski definition) is 3. The van der Waals surface area contributed by atoms with E-state index < -0.39 is 12.0 Å². The van der Waals surface area contributed by atoms with Crippen molar-refractivity contribution in [3.63, 3.8) is 0 Å². The summed E-state index contributed by atoms with van der Waals surface area (Å²) in [5.41, 5.74) is 0. The Bertz CT molecular complexity index is 255. The van der Waals surface area contributed by atoms with Crippen molar-refractivity contribution in [1.29, 1.82) is 0 Å². The third-order valence-electron chi connectivity index (χ3n) is 2.67. The first-order valence-corrected chi connectivity index (χ1v) is 6.74. The van der Waals surface area contributed by atoms with Crippen LogP contribution in [0, 0.1) is 5.92 Å². The zero-order valence-corrected chi connectivity index (χ0v) is 11.7. The fourth-order valence-corrected chi connectivity index (χ4v) is 1.63. The van der Waals surface area contributed by atoms with E-state index in [1.807, 2.05) is 6.92 Å². The molecule has 0 aromatic heterocycles. The normalized spacial score (nSPS) is 12.2. The molecule has 0 saturated carbocycles. The van der Waals surface area contributed by atoms with E-state index in [-0.39, 0.29) is 6.03 Å². The van der Waals surface area contributed by atoms with Crippen molar-refractivity contribution < 1.29 is 14.7 Å². The Kier molecular flexibility index (Phi) is 9.06. The molecule has 0 unspecified atom stereocenters. The standard InChI is InChI=1S/C13H26N2O3/c1-4-7-11(12(16)17)15-13(18)14-9-6-5-8-10(2)3/h10-11H,4-9H2,1-3H3,(H,16,17)(H2,14,15,18)/t11-/m1/s1. The van der Waals surface area contributed by atoms with E-state index in [9.17, 15) is 9.59 Å². The number of carboxylic acids is 1. The molecule has 0 heterocycles. The maximum Gasteiger partial charge on any atom is 0.326 e. The van der Waals surface area contributed by atoms with Crippen LogP contribution in [-0.4, -0.2) is 29.7 Å². The van der Waals surface area contributed by atoms with E-state index in [0.29, 0.717) is 18.9 Å². The third kappa shape index (κ3) is 8.84. The average molecular weight is 258 g/mol. The summed E-state index contributed by atoms with van der Waals surface area (Å²) in [6.45, 7) is 6.82. The van der Waals surface area contributed by atoms with Crippen LogP contribution in [-0.2, 0) is 4.79 Å². The summed E-state index contributed by atoms with van der Waals surface area (Å²) >= 11 is 0. The Morgan fingerprint density at radius 1 is 1.17 bits per heavy atom. The van der Waals surface area contributed by atoms with Crippen LogP contribution >= 0.6 is 0 Å². The number of nitrogens with one attached hydrogen (secondary N) is 2. The van der Waals surface area contributed by atoms with Crippen molar-refractivity contribution in [2.24, 2.45) is 5.92 Å². The minimum atomic E-state index is -0.980. The molecule has 0 saturated heterocycles. The molecular formula is C13H26N2O3. The molecule has 2 amide bonds. The minimum absolute atomic E-state index is 0.389. The maximum atomic E-state index is 11.4. The SMILES string of the molecule is CCC[C@@H](NC(=O)NCCCCC(C)C)C(=O)O. The van der Waals surface area contributed by atoms with Gasteiger partial charge in [-0.1, -0.05) is 40.0 Å². The summed E-state index contributed by atoms with van der Waals surface area (Å²) in [7, 11) is 0. The summed E-state index contributed by atoms with van der Waals surface area (Å²) in [6.07, 6.45) is 4.34. The van der Waals surface area contributed by atoms with Crippen LogP contribution in [0.3, 0.4) is 0 Å². The minimum Gasteiger partial charge on any atom is -0.480 e. The van der Waals surface area contributed by atoms with E-state index in [4.69, 9.17) is 5.11 Å². The molecule has 0 aliphatic heterocycles. The van der Waals surface area contributed by atoms with Crippen LogP contribution in [0.1, 0.15) is 52.9 Å². The average Bonchev–Trinajstić information content (AvgIpc) is 2.27. The van der Waals surface area contributed by atoms with Crippen LogP contribution in [0.5, 0.6) is 0 Å². The van der Waals surface area contributed by atoms with Gasteiger partial charge in [0.2, 0.25) is 0 Å². The van der Waals surface area contributed by atoms with Crippen molar-refractivity contribution >= 4 is 12.0 Å². The van der Waals surface area contributed by atoms with Crippen molar-refractivity contribution in [2.75, 3.05) is 6.54 Å². The summed E-state index contributed by atoms with van der Waals surface area (Å²) in [4.78, 5) is 22.3. The second-order valence-electron chi connectivity index (χ2n) is 4.97. The molecule has 18 heavy (non-hydrogen) atoms. The van der Waals surface area contributed by atoms with Gasteiger partial charge in [0.05, 0.1) is 0 Å². The molecule has 0 aromatic rings. The second kappa shape index (κ2) is 9.74. The summed E-state index contributed by atoms with van der Waals surface area (Å²) in [5.74, 6) is -0.299. The maximum absolute atomic E-state index is 11.4. The molecule has 5 nitrogen and oxygen atoms in total. The molecule has 3 N–H and O–H groups in total. The van der Waals surface area contributed by atoms with Crippen LogP contribution in [0.15, 0.2) is 0 Å². The summed E-state index contributed by atoms with van der Waals surface area (Å²) < 4.78 is 0. The van der Waals surface area contributed by atoms with Gasteiger partial charge >= 0.3 is 12.0 Å². The van der Waals surface area contributed by atoms with Gasteiger partial charge in [0.15, 0.2) is 0 Å². The molecule has 106 valence electrons. The molecule has 5 heteroatoms. The van der Waals surface area contributed by atoms with Crippen LogP contribution in [0.2, 0.25) is 0 Å². The van der Waals surface area contributed by atoms with Gasteiger partial charge in [-0.15, -0.1) is 0 Å². The summed E-state index contributed by atoms with van der Waals surface area (Å²) in [6, 6.07) is -1.17. The van der Waals surface area contributed by atoms with E-state index in [1.165, 1.54) is 0 Å². The van der Waals surface area contributed by atoms with Gasteiger partial charge in [0.25, 0.3) is 0 Å². The highest BCUT2D eigenvalue weighted by atomic mass is 16.4. The predicted molar refractivity (Wildman–Crippen MR) is 71.6 cm³/mol. The number of unbranched alkanes of at least 4 members (excludes halogenated alkanes) is 1. The number of carbonyl (C=O) groups is 2. The van der Waals surface area contributed by atoms with Crippen LogP contribution in [0.4, 0.5) is 4.79 Å². The van der Waals surface area contributed by atoms with Gasteiger partial charge in [-0.2, -0.15) is 0 Å². The predicted octanol–water partition coefficient (Wildman–Crippen LogP) is 2.37. The highest BCUT2D eigenvalue weighted by Gasteiger charge is 2.18.